The Morgan fingerprint density at radius 3 is 2.81 bits per heavy atom. The molecule has 0 aliphatic carbocycles. The molecule has 162 valence electrons. The van der Waals surface area contributed by atoms with Crippen LogP contribution in [0, 0.1) is 6.92 Å². The Bertz CT molecular complexity index is 1270. The second kappa shape index (κ2) is 7.77. The van der Waals surface area contributed by atoms with Gasteiger partial charge < -0.3 is 14.8 Å². The zero-order valence-electron chi connectivity index (χ0n) is 16.8. The van der Waals surface area contributed by atoms with E-state index in [2.05, 4.69) is 10.3 Å². The van der Waals surface area contributed by atoms with E-state index in [4.69, 9.17) is 9.47 Å². The lowest BCUT2D eigenvalue weighted by atomic mass is 10.2. The minimum Gasteiger partial charge on any atom is -0.486 e. The highest BCUT2D eigenvalue weighted by molar-refractivity contribution is 7.89. The van der Waals surface area contributed by atoms with Gasteiger partial charge in [0.1, 0.15) is 19.3 Å². The highest BCUT2D eigenvalue weighted by atomic mass is 32.2. The number of fused-ring (bicyclic) bond motifs is 2. The minimum atomic E-state index is -3.86. The molecule has 0 saturated carbocycles. The van der Waals surface area contributed by atoms with Crippen molar-refractivity contribution in [2.75, 3.05) is 25.1 Å². The standard InChI is InChI=1S/C21H21N3O5S2/c1-13-22-16-6-4-14(11-20(16)30-13)23-21(25)17-3-2-8-24(17)31(26,27)15-5-7-18-19(12-15)29-10-9-28-18/h4-7,11-12,17H,2-3,8-10H2,1H3,(H,23,25)/t17-/m1/s1. The molecular formula is C21H21N3O5S2. The van der Waals surface area contributed by atoms with E-state index in [9.17, 15) is 13.2 Å². The Kier molecular flexibility index (Phi) is 5.07. The number of thiazole rings is 1. The summed E-state index contributed by atoms with van der Waals surface area (Å²) in [5.74, 6) is 0.592. The number of carbonyl (C=O) groups excluding carboxylic acids is 1. The van der Waals surface area contributed by atoms with Gasteiger partial charge >= 0.3 is 0 Å². The fourth-order valence-corrected chi connectivity index (χ4v) is 6.49. The van der Waals surface area contributed by atoms with Crippen molar-refractivity contribution >= 4 is 43.2 Å². The van der Waals surface area contributed by atoms with Gasteiger partial charge in [0.15, 0.2) is 11.5 Å². The Balaban J connectivity index is 1.38. The zero-order valence-corrected chi connectivity index (χ0v) is 18.5. The van der Waals surface area contributed by atoms with Gasteiger partial charge in [0.2, 0.25) is 15.9 Å². The van der Waals surface area contributed by atoms with Crippen LogP contribution in [0.5, 0.6) is 11.5 Å². The van der Waals surface area contributed by atoms with Crippen molar-refractivity contribution < 1.29 is 22.7 Å². The third-order valence-corrected chi connectivity index (χ3v) is 8.23. The fourth-order valence-electron chi connectivity index (χ4n) is 3.95. The van der Waals surface area contributed by atoms with E-state index in [1.165, 1.54) is 16.4 Å². The van der Waals surface area contributed by atoms with Gasteiger partial charge in [-0.25, -0.2) is 13.4 Å². The van der Waals surface area contributed by atoms with Crippen molar-refractivity contribution in [2.24, 2.45) is 0 Å². The summed E-state index contributed by atoms with van der Waals surface area (Å²) < 4.78 is 39.9. The second-order valence-corrected chi connectivity index (χ2v) is 10.6. The molecule has 0 radical (unpaired) electrons. The molecule has 1 amide bonds. The average Bonchev–Trinajstić information content (AvgIpc) is 3.39. The number of nitrogens with zero attached hydrogens (tertiary/aromatic N) is 2. The van der Waals surface area contributed by atoms with Gasteiger partial charge in [-0.05, 0) is 50.1 Å². The van der Waals surface area contributed by atoms with Gasteiger partial charge in [-0.2, -0.15) is 4.31 Å². The normalized spacial score (nSPS) is 18.9. The molecule has 1 aromatic heterocycles. The molecule has 8 nitrogen and oxygen atoms in total. The summed E-state index contributed by atoms with van der Waals surface area (Å²) in [5, 5.41) is 3.83. The molecule has 10 heteroatoms. The van der Waals surface area contributed by atoms with E-state index >= 15 is 0 Å². The number of sulfonamides is 1. The zero-order chi connectivity index (χ0) is 21.6. The van der Waals surface area contributed by atoms with Crippen molar-refractivity contribution in [1.82, 2.24) is 9.29 Å². The topological polar surface area (TPSA) is 97.8 Å². The Morgan fingerprint density at radius 1 is 1.16 bits per heavy atom. The molecule has 3 aromatic rings. The van der Waals surface area contributed by atoms with E-state index in [1.807, 2.05) is 19.1 Å². The predicted octanol–water partition coefficient (Wildman–Crippen LogP) is 3.17. The number of rotatable bonds is 4. The van der Waals surface area contributed by atoms with Crippen molar-refractivity contribution in [1.29, 1.82) is 0 Å². The molecule has 5 rings (SSSR count). The van der Waals surface area contributed by atoms with Gasteiger partial charge in [0.05, 0.1) is 20.1 Å². The minimum absolute atomic E-state index is 0.0954. The number of carbonyl (C=O) groups is 1. The number of aromatic nitrogens is 1. The van der Waals surface area contributed by atoms with E-state index in [1.54, 1.807) is 23.5 Å². The maximum absolute atomic E-state index is 13.3. The highest BCUT2D eigenvalue weighted by Crippen LogP contribution is 2.35. The quantitative estimate of drug-likeness (QED) is 0.644. The van der Waals surface area contributed by atoms with Crippen molar-refractivity contribution in [2.45, 2.75) is 30.7 Å². The molecule has 1 atom stereocenters. The smallest absolute Gasteiger partial charge is 0.243 e. The number of aryl methyl sites for hydroxylation is 1. The van der Waals surface area contributed by atoms with E-state index in [-0.39, 0.29) is 10.8 Å². The molecule has 1 N–H and O–H groups in total. The van der Waals surface area contributed by atoms with Crippen molar-refractivity contribution in [3.05, 3.63) is 41.4 Å². The number of benzene rings is 2. The van der Waals surface area contributed by atoms with Crippen LogP contribution in [-0.2, 0) is 14.8 Å². The Morgan fingerprint density at radius 2 is 1.97 bits per heavy atom. The molecule has 1 saturated heterocycles. The largest absolute Gasteiger partial charge is 0.486 e. The van der Waals surface area contributed by atoms with Crippen molar-refractivity contribution in [3.8, 4) is 11.5 Å². The maximum atomic E-state index is 13.3. The molecule has 3 heterocycles. The van der Waals surface area contributed by atoms with Crippen LogP contribution in [0.4, 0.5) is 5.69 Å². The maximum Gasteiger partial charge on any atom is 0.243 e. The number of anilines is 1. The average molecular weight is 460 g/mol. The monoisotopic (exact) mass is 459 g/mol. The summed E-state index contributed by atoms with van der Waals surface area (Å²) in [6.45, 7) is 3.03. The second-order valence-electron chi connectivity index (χ2n) is 7.48. The summed E-state index contributed by atoms with van der Waals surface area (Å²) in [5.41, 5.74) is 1.51. The predicted molar refractivity (Wildman–Crippen MR) is 117 cm³/mol. The first-order valence-corrected chi connectivity index (χ1v) is 12.3. The van der Waals surface area contributed by atoms with E-state index in [0.29, 0.717) is 49.8 Å². The molecule has 1 fully saturated rings. The number of amides is 1. The Labute approximate surface area is 183 Å². The third kappa shape index (κ3) is 3.75. The van der Waals surface area contributed by atoms with Gasteiger partial charge in [-0.1, -0.05) is 0 Å². The van der Waals surface area contributed by atoms with Crippen LogP contribution in [0.3, 0.4) is 0 Å². The summed E-state index contributed by atoms with van der Waals surface area (Å²) >= 11 is 1.55. The van der Waals surface area contributed by atoms with Crippen molar-refractivity contribution in [3.63, 3.8) is 0 Å². The van der Waals surface area contributed by atoms with Crippen LogP contribution in [0.15, 0.2) is 41.3 Å². The molecule has 2 aromatic carbocycles. The number of hydrogen-bond donors (Lipinski definition) is 1. The summed E-state index contributed by atoms with van der Waals surface area (Å²) in [6.07, 6.45) is 1.09. The molecule has 0 spiro atoms. The molecular weight excluding hydrogens is 438 g/mol. The third-order valence-electron chi connectivity index (χ3n) is 5.39. The first-order chi connectivity index (χ1) is 14.9. The van der Waals surface area contributed by atoms with Crippen LogP contribution >= 0.6 is 11.3 Å². The lowest BCUT2D eigenvalue weighted by Crippen LogP contribution is -2.43. The van der Waals surface area contributed by atoms with Gasteiger partial charge in [0, 0.05) is 18.3 Å². The molecule has 2 aliphatic rings. The number of ether oxygens (including phenoxy) is 2. The summed E-state index contributed by atoms with van der Waals surface area (Å²) in [7, 11) is -3.86. The molecule has 0 unspecified atom stereocenters. The van der Waals surface area contributed by atoms with Crippen LogP contribution in [0.1, 0.15) is 17.8 Å². The lowest BCUT2D eigenvalue weighted by Gasteiger charge is -2.24. The Hall–Kier alpha value is -2.69. The van der Waals surface area contributed by atoms with Gasteiger partial charge in [-0.15, -0.1) is 11.3 Å². The van der Waals surface area contributed by atoms with Crippen LogP contribution in [0.25, 0.3) is 10.2 Å². The van der Waals surface area contributed by atoms with Crippen LogP contribution < -0.4 is 14.8 Å². The lowest BCUT2D eigenvalue weighted by molar-refractivity contribution is -0.119. The van der Waals surface area contributed by atoms with E-state index < -0.39 is 16.1 Å². The number of nitrogens with one attached hydrogen (secondary N) is 1. The van der Waals surface area contributed by atoms with Crippen LogP contribution in [-0.4, -0.2) is 49.4 Å². The first-order valence-electron chi connectivity index (χ1n) is 10.0. The fraction of sp³-hybridized carbons (Fsp3) is 0.333. The molecule has 0 bridgehead atoms. The summed E-state index contributed by atoms with van der Waals surface area (Å²) in [4.78, 5) is 17.5. The molecule has 2 aliphatic heterocycles. The van der Waals surface area contributed by atoms with E-state index in [0.717, 1.165) is 15.2 Å². The highest BCUT2D eigenvalue weighted by Gasteiger charge is 2.40. The summed E-state index contributed by atoms with van der Waals surface area (Å²) in [6, 6.07) is 9.30. The number of hydrogen-bond acceptors (Lipinski definition) is 7. The SMILES string of the molecule is Cc1nc2ccc(NC(=O)[C@H]3CCCN3S(=O)(=O)c3ccc4c(c3)OCCO4)cc2s1. The van der Waals surface area contributed by atoms with Crippen LogP contribution in [0.2, 0.25) is 0 Å². The molecule has 31 heavy (non-hydrogen) atoms. The first kappa shape index (κ1) is 20.2. The van der Waals surface area contributed by atoms with Gasteiger partial charge in [-0.3, -0.25) is 4.79 Å². The van der Waals surface area contributed by atoms with Gasteiger partial charge in [0.25, 0.3) is 0 Å².